The van der Waals surface area contributed by atoms with Gasteiger partial charge < -0.3 is 29.7 Å². The fraction of sp³-hybridized carbons (Fsp3) is 0.356. The van der Waals surface area contributed by atoms with Crippen molar-refractivity contribution in [3.63, 3.8) is 0 Å². The Morgan fingerprint density at radius 3 is 1.31 bits per heavy atom. The molecule has 8 rings (SSSR count). The molecule has 64 heavy (non-hydrogen) atoms. The highest BCUT2D eigenvalue weighted by Crippen LogP contribution is 2.34. The zero-order valence-electron chi connectivity index (χ0n) is 35.8. The molecule has 2 aliphatic rings. The predicted molar refractivity (Wildman–Crippen MR) is 249 cm³/mol. The minimum Gasteiger partial charge on any atom is -0.619 e. The van der Waals surface area contributed by atoms with E-state index in [1.54, 1.807) is 38.5 Å². The number of Topliss-reactive ketones (excluding diaryl/α,β-unsaturated/α-hetero) is 1. The number of carbonyl (C=O) groups excluding carboxylic acids is 1. The third-order valence-corrected chi connectivity index (χ3v) is 13.8. The second-order valence-electron chi connectivity index (χ2n) is 15.9. The van der Waals surface area contributed by atoms with Gasteiger partial charge in [-0.15, -0.1) is 0 Å². The van der Waals surface area contributed by atoms with Crippen LogP contribution in [0.1, 0.15) is 11.4 Å². The van der Waals surface area contributed by atoms with E-state index in [1.807, 2.05) is 59.6 Å². The van der Waals surface area contributed by atoms with Crippen LogP contribution in [0.3, 0.4) is 0 Å². The van der Waals surface area contributed by atoms with Gasteiger partial charge in [-0.25, -0.2) is 0 Å². The lowest BCUT2D eigenvalue weighted by Crippen LogP contribution is -2.61. The Bertz CT molecular complexity index is 2430. The van der Waals surface area contributed by atoms with E-state index in [0.717, 1.165) is 11.4 Å². The molecule has 19 heteroatoms. The van der Waals surface area contributed by atoms with E-state index in [0.29, 0.717) is 127 Å². The number of methoxy groups -OCH3 is 2. The molecule has 0 aliphatic carbocycles. The van der Waals surface area contributed by atoms with Gasteiger partial charge in [0.1, 0.15) is 22.9 Å². The Labute approximate surface area is 391 Å². The van der Waals surface area contributed by atoms with Crippen LogP contribution >= 0.6 is 46.4 Å². The van der Waals surface area contributed by atoms with E-state index >= 15 is 4.79 Å². The molecule has 2 aromatic carbocycles. The van der Waals surface area contributed by atoms with Crippen LogP contribution in [-0.4, -0.2) is 114 Å². The van der Waals surface area contributed by atoms with Gasteiger partial charge in [0.15, 0.2) is 30.6 Å². The van der Waals surface area contributed by atoms with E-state index in [4.69, 9.17) is 66.1 Å². The Morgan fingerprint density at radius 1 is 0.609 bits per heavy atom. The Morgan fingerprint density at radius 2 is 0.969 bits per heavy atom. The number of ether oxygens (including phenoxy) is 2. The van der Waals surface area contributed by atoms with Crippen LogP contribution in [0.2, 0.25) is 20.1 Å². The molecule has 2 saturated heterocycles. The van der Waals surface area contributed by atoms with E-state index in [9.17, 15) is 10.4 Å². The zero-order valence-corrected chi connectivity index (χ0v) is 38.9. The largest absolute Gasteiger partial charge is 0.619 e. The zero-order chi connectivity index (χ0) is 45.2. The first-order chi connectivity index (χ1) is 30.8. The van der Waals surface area contributed by atoms with Gasteiger partial charge in [0.25, 0.3) is 0 Å². The van der Waals surface area contributed by atoms with Crippen molar-refractivity contribution >= 4 is 63.6 Å². The summed E-state index contributed by atoms with van der Waals surface area (Å²) in [7, 11) is 3.20. The fourth-order valence-electron chi connectivity index (χ4n) is 8.51. The van der Waals surface area contributed by atoms with Gasteiger partial charge in [-0.2, -0.15) is 19.7 Å². The number of hydrogen-bond acceptors (Lipinski definition) is 11. The highest BCUT2D eigenvalue weighted by molar-refractivity contribution is 6.34. The molecule has 0 radical (unpaired) electrons. The summed E-state index contributed by atoms with van der Waals surface area (Å²) in [4.78, 5) is 24.8. The van der Waals surface area contributed by atoms with Gasteiger partial charge in [-0.1, -0.05) is 46.4 Å². The van der Waals surface area contributed by atoms with Gasteiger partial charge in [0, 0.05) is 111 Å². The number of hydrogen-bond donors (Lipinski definition) is 0. The van der Waals surface area contributed by atoms with Gasteiger partial charge in [0.05, 0.1) is 70.9 Å². The number of rotatable bonds is 14. The van der Waals surface area contributed by atoms with Crippen molar-refractivity contribution in [2.24, 2.45) is 0 Å². The number of carbonyl (C=O) groups is 1. The summed E-state index contributed by atoms with van der Waals surface area (Å²) in [6.07, 6.45) is 5.62. The van der Waals surface area contributed by atoms with Crippen LogP contribution in [0.5, 0.6) is 11.5 Å². The molecular weight excluding hydrogens is 902 g/mol. The molecule has 0 amide bonds. The topological polar surface area (TPSA) is 138 Å². The lowest BCUT2D eigenvalue weighted by atomic mass is 9.99. The second-order valence-corrected chi connectivity index (χ2v) is 17.4. The molecule has 0 bridgehead atoms. The minimum absolute atomic E-state index is 0.00239. The third kappa shape index (κ3) is 9.42. The maximum atomic E-state index is 15.8. The smallest absolute Gasteiger partial charge is 0.181 e. The summed E-state index contributed by atoms with van der Waals surface area (Å²) in [6, 6.07) is 16.9. The Kier molecular flexibility index (Phi) is 13.8. The quantitative estimate of drug-likeness (QED) is 0.0866. The second kappa shape index (κ2) is 19.4. The number of benzene rings is 2. The normalized spacial score (nSPS) is 15.9. The predicted octanol–water partition coefficient (Wildman–Crippen LogP) is 6.58. The third-order valence-electron chi connectivity index (χ3n) is 12.3. The molecule has 2 unspecified atom stereocenters. The van der Waals surface area contributed by atoms with Crippen LogP contribution in [0, 0.1) is 24.3 Å². The first-order valence-corrected chi connectivity index (χ1v) is 22.4. The summed E-state index contributed by atoms with van der Waals surface area (Å²) in [5.74, 6) is 1.19. The SMILES string of the molecule is COc1cc(N2CCN(C(Cn3nc(-c4cc[n+]([O-])cc4)c(Cl)c3C)C(=O)C(Cn3nc(-c4cc[n+]([O-])cc4)c(Cl)c3C)N3CCN(c4ccc(Cl)c(OC)c4)CC3)CC2)ccc1Cl. The maximum absolute atomic E-state index is 15.8. The van der Waals surface area contributed by atoms with Crippen molar-refractivity contribution < 1.29 is 23.7 Å². The lowest BCUT2D eigenvalue weighted by molar-refractivity contribution is -0.605. The molecule has 336 valence electrons. The first kappa shape index (κ1) is 45.3. The average molecular weight is 951 g/mol. The molecule has 2 atom stereocenters. The number of pyridine rings is 2. The summed E-state index contributed by atoms with van der Waals surface area (Å²) in [5, 5.41) is 35.7. The first-order valence-electron chi connectivity index (χ1n) is 20.9. The van der Waals surface area contributed by atoms with Crippen LogP contribution in [0.25, 0.3) is 22.5 Å². The molecular formula is C45H48Cl4N10O5. The van der Waals surface area contributed by atoms with E-state index in [2.05, 4.69) is 19.6 Å². The van der Waals surface area contributed by atoms with E-state index in [1.165, 1.54) is 24.8 Å². The monoisotopic (exact) mass is 948 g/mol. The van der Waals surface area contributed by atoms with Crippen LogP contribution in [-0.2, 0) is 17.9 Å². The van der Waals surface area contributed by atoms with Crippen molar-refractivity contribution in [3.8, 4) is 34.0 Å². The molecule has 0 N–H and O–H groups in total. The van der Waals surface area contributed by atoms with Crippen molar-refractivity contribution in [2.75, 3.05) is 76.4 Å². The minimum atomic E-state index is -0.639. The van der Waals surface area contributed by atoms with Gasteiger partial charge in [-0.05, 0) is 38.1 Å². The van der Waals surface area contributed by atoms with Gasteiger partial charge in [0.2, 0.25) is 0 Å². The molecule has 4 aromatic heterocycles. The van der Waals surface area contributed by atoms with Crippen molar-refractivity contribution in [3.05, 3.63) is 127 Å². The molecule has 0 saturated carbocycles. The molecule has 15 nitrogen and oxygen atoms in total. The van der Waals surface area contributed by atoms with E-state index < -0.39 is 12.1 Å². The van der Waals surface area contributed by atoms with Crippen molar-refractivity contribution in [1.29, 1.82) is 0 Å². The highest BCUT2D eigenvalue weighted by atomic mass is 35.5. The molecule has 2 aliphatic heterocycles. The Hall–Kier alpha value is -5.29. The number of ketones is 1. The van der Waals surface area contributed by atoms with Gasteiger partial charge in [-0.3, -0.25) is 24.0 Å². The van der Waals surface area contributed by atoms with Gasteiger partial charge >= 0.3 is 0 Å². The average Bonchev–Trinajstić information content (AvgIpc) is 3.76. The lowest BCUT2D eigenvalue weighted by Gasteiger charge is -2.43. The maximum Gasteiger partial charge on any atom is 0.181 e. The molecule has 6 aromatic rings. The molecule has 2 fully saturated rings. The van der Waals surface area contributed by atoms with Crippen LogP contribution in [0.15, 0.2) is 85.5 Å². The van der Waals surface area contributed by atoms with Crippen molar-refractivity contribution in [2.45, 2.75) is 39.0 Å². The summed E-state index contributed by atoms with van der Waals surface area (Å²) in [6.45, 7) is 9.10. The van der Waals surface area contributed by atoms with Crippen LogP contribution in [0.4, 0.5) is 11.4 Å². The van der Waals surface area contributed by atoms with E-state index in [-0.39, 0.29) is 18.9 Å². The van der Waals surface area contributed by atoms with Crippen LogP contribution < -0.4 is 28.7 Å². The number of nitrogens with zero attached hydrogens (tertiary/aromatic N) is 10. The summed E-state index contributed by atoms with van der Waals surface area (Å²) < 4.78 is 16.1. The fourth-order valence-corrected chi connectivity index (χ4v) is 9.39. The number of aromatic nitrogens is 6. The Balaban J connectivity index is 1.15. The number of piperazine rings is 2. The number of anilines is 2. The molecule has 0 spiro atoms. The number of halogens is 4. The molecule has 6 heterocycles. The van der Waals surface area contributed by atoms with Crippen molar-refractivity contribution in [1.82, 2.24) is 29.4 Å². The summed E-state index contributed by atoms with van der Waals surface area (Å²) in [5.41, 5.74) is 5.78. The summed E-state index contributed by atoms with van der Waals surface area (Å²) >= 11 is 26.7. The standard InChI is InChI=1S/C45H48Cl4N10O5/c1-29-41(48)43(31-9-13-56(61)14-10-31)50-58(29)27-37(54-21-17-52(18-22-54)33-5-7-35(46)39(25-33)63-3)45(60)38(28-59-30(2)42(49)44(51-59)32-11-15-57(62)16-12-32)55-23-19-53(20-24-55)34-6-8-36(47)40(26-34)64-4/h5-16,25-26,37-38H,17-24,27-28H2,1-4H3. The highest BCUT2D eigenvalue weighted by Gasteiger charge is 2.39.